The Morgan fingerprint density at radius 1 is 1.16 bits per heavy atom. The van der Waals surface area contributed by atoms with Crippen LogP contribution in [0.2, 0.25) is 0 Å². The summed E-state index contributed by atoms with van der Waals surface area (Å²) in [6.45, 7) is 10.1. The summed E-state index contributed by atoms with van der Waals surface area (Å²) >= 11 is 0. The number of piperidine rings is 1. The summed E-state index contributed by atoms with van der Waals surface area (Å²) < 4.78 is 5.25. The Labute approximate surface area is 222 Å². The fraction of sp³-hybridized carbons (Fsp3) is 0.464. The second-order valence-electron chi connectivity index (χ2n) is 11.1. The summed E-state index contributed by atoms with van der Waals surface area (Å²) in [5, 5.41) is 8.07. The van der Waals surface area contributed by atoms with Crippen molar-refractivity contribution in [3.05, 3.63) is 52.7 Å². The van der Waals surface area contributed by atoms with Gasteiger partial charge in [-0.05, 0) is 81.7 Å². The number of anilines is 2. The van der Waals surface area contributed by atoms with E-state index in [1.807, 2.05) is 18.2 Å². The fourth-order valence-corrected chi connectivity index (χ4v) is 4.84. The first kappa shape index (κ1) is 27.1. The highest BCUT2D eigenvalue weighted by Crippen LogP contribution is 2.27. The zero-order valence-corrected chi connectivity index (χ0v) is 22.5. The van der Waals surface area contributed by atoms with Gasteiger partial charge in [-0.3, -0.25) is 19.7 Å². The van der Waals surface area contributed by atoms with Crippen LogP contribution in [0.4, 0.5) is 16.3 Å². The second kappa shape index (κ2) is 10.8. The molecule has 4 rings (SSSR count). The van der Waals surface area contributed by atoms with Gasteiger partial charge < -0.3 is 20.3 Å². The Balaban J connectivity index is 1.42. The van der Waals surface area contributed by atoms with E-state index in [4.69, 9.17) is 4.74 Å². The molecule has 3 heterocycles. The molecule has 0 saturated carbocycles. The average molecular weight is 522 g/mol. The number of benzene rings is 1. The largest absolute Gasteiger partial charge is 0.444 e. The predicted octanol–water partition coefficient (Wildman–Crippen LogP) is 3.79. The molecule has 1 aromatic heterocycles. The van der Waals surface area contributed by atoms with Crippen molar-refractivity contribution in [2.45, 2.75) is 72.1 Å². The van der Waals surface area contributed by atoms with E-state index in [0.717, 1.165) is 24.0 Å². The van der Waals surface area contributed by atoms with Gasteiger partial charge in [0, 0.05) is 24.7 Å². The molecule has 2 atom stereocenters. The number of pyridine rings is 1. The van der Waals surface area contributed by atoms with E-state index in [1.165, 1.54) is 6.20 Å². The van der Waals surface area contributed by atoms with Crippen molar-refractivity contribution >= 4 is 35.3 Å². The van der Waals surface area contributed by atoms with Gasteiger partial charge in [0.25, 0.3) is 5.91 Å². The van der Waals surface area contributed by atoms with Crippen LogP contribution >= 0.6 is 0 Å². The number of ether oxygens (including phenoxy) is 1. The molecule has 0 bridgehead atoms. The molecule has 202 valence electrons. The van der Waals surface area contributed by atoms with Crippen molar-refractivity contribution in [3.63, 3.8) is 0 Å². The maximum absolute atomic E-state index is 13.3. The lowest BCUT2D eigenvalue weighted by atomic mass is 9.89. The van der Waals surface area contributed by atoms with Crippen LogP contribution in [-0.2, 0) is 27.3 Å². The number of amides is 4. The first-order valence-corrected chi connectivity index (χ1v) is 12.9. The van der Waals surface area contributed by atoms with Gasteiger partial charge >= 0.3 is 17.9 Å². The van der Waals surface area contributed by atoms with Gasteiger partial charge in [-0.1, -0.05) is 19.1 Å². The number of carbonyl (C=O) groups is 4. The zero-order chi connectivity index (χ0) is 27.6. The van der Waals surface area contributed by atoms with Gasteiger partial charge in [-0.2, -0.15) is 0 Å². The van der Waals surface area contributed by atoms with Crippen LogP contribution in [-0.4, -0.2) is 51.9 Å². The fourth-order valence-electron chi connectivity index (χ4n) is 4.84. The highest BCUT2D eigenvalue weighted by atomic mass is 16.6. The van der Waals surface area contributed by atoms with Gasteiger partial charge in [0.1, 0.15) is 11.4 Å². The molecule has 1 unspecified atom stereocenters. The molecule has 1 fully saturated rings. The third-order valence-corrected chi connectivity index (χ3v) is 6.68. The number of aromatic nitrogens is 1. The molecular weight excluding hydrogens is 486 g/mol. The molecule has 0 spiro atoms. The molecule has 10 nitrogen and oxygen atoms in total. The first-order chi connectivity index (χ1) is 17.9. The van der Waals surface area contributed by atoms with E-state index in [-0.39, 0.29) is 17.9 Å². The van der Waals surface area contributed by atoms with E-state index in [9.17, 15) is 19.2 Å². The number of aryl methyl sites for hydroxylation is 1. The Bertz CT molecular complexity index is 1270. The Hall–Kier alpha value is -3.95. The van der Waals surface area contributed by atoms with E-state index in [0.29, 0.717) is 42.1 Å². The number of nitrogens with one attached hydrogen (secondary N) is 3. The van der Waals surface area contributed by atoms with E-state index >= 15 is 0 Å². The van der Waals surface area contributed by atoms with Gasteiger partial charge in [0.2, 0.25) is 0 Å². The normalized spacial score (nSPS) is 18.9. The lowest BCUT2D eigenvalue weighted by Gasteiger charge is -2.38. The van der Waals surface area contributed by atoms with Crippen molar-refractivity contribution in [2.24, 2.45) is 5.92 Å². The van der Waals surface area contributed by atoms with Crippen LogP contribution < -0.4 is 16.0 Å². The predicted molar refractivity (Wildman–Crippen MR) is 143 cm³/mol. The molecule has 1 saturated heterocycles. The molecule has 4 amide bonds. The zero-order valence-electron chi connectivity index (χ0n) is 22.5. The highest BCUT2D eigenvalue weighted by molar-refractivity contribution is 6.39. The molecule has 0 aliphatic carbocycles. The molecule has 10 heteroatoms. The van der Waals surface area contributed by atoms with Gasteiger partial charge in [0.05, 0.1) is 11.9 Å². The lowest BCUT2D eigenvalue weighted by molar-refractivity contribution is -0.146. The number of rotatable bonds is 4. The van der Waals surface area contributed by atoms with Crippen LogP contribution in [0.15, 0.2) is 30.5 Å². The number of hydrogen-bond acceptors (Lipinski definition) is 6. The topological polar surface area (TPSA) is 130 Å². The van der Waals surface area contributed by atoms with Crippen molar-refractivity contribution < 1.29 is 23.9 Å². The quantitative estimate of drug-likeness (QED) is 0.525. The molecule has 2 aliphatic heterocycles. The van der Waals surface area contributed by atoms with E-state index in [1.54, 1.807) is 38.7 Å². The van der Waals surface area contributed by atoms with Crippen LogP contribution in [0.5, 0.6) is 0 Å². The van der Waals surface area contributed by atoms with Crippen LogP contribution in [0, 0.1) is 12.8 Å². The van der Waals surface area contributed by atoms with Gasteiger partial charge in [-0.15, -0.1) is 0 Å². The number of fused-ring (bicyclic) bond motifs is 1. The maximum Gasteiger partial charge on any atom is 0.413 e. The smallest absolute Gasteiger partial charge is 0.413 e. The second-order valence-corrected chi connectivity index (χ2v) is 11.1. The highest BCUT2D eigenvalue weighted by Gasteiger charge is 2.34. The third-order valence-electron chi connectivity index (χ3n) is 6.68. The van der Waals surface area contributed by atoms with Crippen molar-refractivity contribution in [3.8, 4) is 0 Å². The van der Waals surface area contributed by atoms with Crippen LogP contribution in [0.1, 0.15) is 67.6 Å². The maximum atomic E-state index is 13.3. The average Bonchev–Trinajstić information content (AvgIpc) is 3.20. The van der Waals surface area contributed by atoms with Gasteiger partial charge in [0.15, 0.2) is 0 Å². The van der Waals surface area contributed by atoms with Crippen LogP contribution in [0.3, 0.4) is 0 Å². The summed E-state index contributed by atoms with van der Waals surface area (Å²) in [4.78, 5) is 56.0. The Kier molecular flexibility index (Phi) is 7.71. The van der Waals surface area contributed by atoms with Crippen molar-refractivity contribution in [2.75, 3.05) is 17.2 Å². The van der Waals surface area contributed by atoms with Crippen molar-refractivity contribution in [1.82, 2.24) is 15.2 Å². The van der Waals surface area contributed by atoms with Crippen LogP contribution in [0.25, 0.3) is 0 Å². The number of hydrogen-bond donors (Lipinski definition) is 3. The summed E-state index contributed by atoms with van der Waals surface area (Å²) in [5.74, 6) is -0.799. The van der Waals surface area contributed by atoms with Crippen molar-refractivity contribution in [1.29, 1.82) is 0 Å². The minimum Gasteiger partial charge on any atom is -0.444 e. The first-order valence-electron chi connectivity index (χ1n) is 12.9. The Morgan fingerprint density at radius 2 is 1.92 bits per heavy atom. The minimum atomic E-state index is -0.734. The molecule has 3 N–H and O–H groups in total. The Morgan fingerprint density at radius 3 is 2.63 bits per heavy atom. The minimum absolute atomic E-state index is 0.0649. The third kappa shape index (κ3) is 6.48. The monoisotopic (exact) mass is 521 g/mol. The number of carbonyl (C=O) groups excluding carboxylic acids is 4. The summed E-state index contributed by atoms with van der Waals surface area (Å²) in [6, 6.07) is 7.28. The SMILES string of the molecule is Cc1cc(NC(=O)C(=O)N2C[C@@H](C)CCC2Cc2ccc3c(c2)CNC3=O)cnc1NC(=O)OC(C)(C)C. The molecule has 38 heavy (non-hydrogen) atoms. The molecular formula is C28H35N5O5. The standard InChI is InChI=1S/C28H35N5O5/c1-16-6-8-21(12-18-7-9-22-19(11-18)13-30-24(22)34)33(15-16)26(36)25(35)31-20-10-17(2)23(29-14-20)32-27(37)38-28(3,4)5/h7,9-11,14,16,21H,6,8,12-13,15H2,1-5H3,(H,30,34)(H,31,35)(H,29,32,37)/t16-,21?/m0/s1. The molecule has 0 radical (unpaired) electrons. The summed E-state index contributed by atoms with van der Waals surface area (Å²) in [6.07, 6.45) is 3.13. The molecule has 1 aromatic carbocycles. The molecule has 2 aliphatic rings. The lowest BCUT2D eigenvalue weighted by Crippen LogP contribution is -2.51. The van der Waals surface area contributed by atoms with Gasteiger partial charge in [-0.25, -0.2) is 9.78 Å². The molecule has 2 aromatic rings. The number of likely N-dealkylation sites (tertiary alicyclic amines) is 1. The summed E-state index contributed by atoms with van der Waals surface area (Å²) in [7, 11) is 0. The van der Waals surface area contributed by atoms with E-state index in [2.05, 4.69) is 27.9 Å². The van der Waals surface area contributed by atoms with E-state index < -0.39 is 23.5 Å². The summed E-state index contributed by atoms with van der Waals surface area (Å²) in [5.41, 5.74) is 3.00. The number of nitrogens with zero attached hydrogens (tertiary/aromatic N) is 2.